The summed E-state index contributed by atoms with van der Waals surface area (Å²) in [5.74, 6) is -1.34. The van der Waals surface area contributed by atoms with Gasteiger partial charge in [0.2, 0.25) is 0 Å². The summed E-state index contributed by atoms with van der Waals surface area (Å²) >= 11 is 0. The van der Waals surface area contributed by atoms with Crippen LogP contribution >= 0.6 is 0 Å². The van der Waals surface area contributed by atoms with Crippen LogP contribution in [-0.4, -0.2) is 36.1 Å². The van der Waals surface area contributed by atoms with Crippen molar-refractivity contribution in [3.63, 3.8) is 0 Å². The van der Waals surface area contributed by atoms with Crippen molar-refractivity contribution in [3.05, 3.63) is 71.5 Å². The molecule has 6 nitrogen and oxygen atoms in total. The van der Waals surface area contributed by atoms with Gasteiger partial charge in [-0.05, 0) is 30.0 Å². The maximum Gasteiger partial charge on any atom is 0.475 e. The van der Waals surface area contributed by atoms with Crippen molar-refractivity contribution in [3.8, 4) is 0 Å². The van der Waals surface area contributed by atoms with Crippen LogP contribution in [0.15, 0.2) is 59.2 Å². The van der Waals surface area contributed by atoms with Crippen LogP contribution in [0.5, 0.6) is 0 Å². The van der Waals surface area contributed by atoms with E-state index in [0.29, 0.717) is 5.56 Å². The van der Waals surface area contributed by atoms with Gasteiger partial charge in [-0.15, -0.1) is 0 Å². The van der Waals surface area contributed by atoms with Gasteiger partial charge in [0.1, 0.15) is 5.58 Å². The van der Waals surface area contributed by atoms with Crippen LogP contribution in [0.25, 0.3) is 11.0 Å². The van der Waals surface area contributed by atoms with Crippen LogP contribution in [0, 0.1) is 6.92 Å². The Bertz CT molecular complexity index is 909. The fourth-order valence-electron chi connectivity index (χ4n) is 3.16. The second kappa shape index (κ2) is 8.39. The van der Waals surface area contributed by atoms with Crippen LogP contribution in [0.2, 0.25) is 0 Å². The molecule has 0 aliphatic heterocycles. The van der Waals surface area contributed by atoms with E-state index in [1.807, 2.05) is 43.3 Å². The van der Waals surface area contributed by atoms with E-state index in [9.17, 15) is 14.8 Å². The largest absolute Gasteiger partial charge is 0.475 e. The number of aryl methyl sites for hydroxylation is 1. The minimum atomic E-state index is -1.73. The summed E-state index contributed by atoms with van der Waals surface area (Å²) in [5, 5.41) is 23.1. The predicted molar refractivity (Wildman–Crippen MR) is 103 cm³/mol. The number of furan rings is 1. The highest BCUT2D eigenvalue weighted by atomic mass is 16.5. The third-order valence-corrected chi connectivity index (χ3v) is 4.58. The number of fused-ring (bicyclic) bond motifs is 1. The molecule has 27 heavy (non-hydrogen) atoms. The molecule has 0 spiro atoms. The summed E-state index contributed by atoms with van der Waals surface area (Å²) in [6.45, 7) is 1.94. The molecule has 1 amide bonds. The van der Waals surface area contributed by atoms with Crippen LogP contribution in [-0.2, 0) is 16.0 Å². The minimum Gasteiger partial charge on any atom is -0.464 e. The van der Waals surface area contributed by atoms with Gasteiger partial charge in [-0.2, -0.15) is 0 Å². The van der Waals surface area contributed by atoms with Gasteiger partial charge in [0.05, 0.1) is 12.2 Å². The number of carbonyl (C=O) groups is 1. The monoisotopic (exact) mass is 367 g/mol. The van der Waals surface area contributed by atoms with Crippen LogP contribution in [0.4, 0.5) is 0 Å². The maximum absolute atomic E-state index is 12.7. The van der Waals surface area contributed by atoms with Gasteiger partial charge in [-0.1, -0.05) is 48.5 Å². The van der Waals surface area contributed by atoms with Gasteiger partial charge in [0.15, 0.2) is 6.10 Å². The van der Waals surface area contributed by atoms with Crippen molar-refractivity contribution < 1.29 is 24.0 Å². The number of carbonyl (C=O) groups excluding carboxylic acids is 1. The number of ether oxygens (including phenoxy) is 1. The highest BCUT2D eigenvalue weighted by Gasteiger charge is 2.30. The molecule has 0 bridgehead atoms. The molecule has 1 aromatic heterocycles. The van der Waals surface area contributed by atoms with Crippen LogP contribution in [0.1, 0.15) is 22.8 Å². The molecule has 3 rings (SSSR count). The second-order valence-corrected chi connectivity index (χ2v) is 6.47. The Hall–Kier alpha value is -2.61. The molecule has 140 valence electrons. The summed E-state index contributed by atoms with van der Waals surface area (Å²) in [4.78, 5) is 12.7. The molecule has 0 aliphatic carbocycles. The molecule has 3 aromatic rings. The number of amides is 1. The first-order valence-electron chi connectivity index (χ1n) is 8.71. The van der Waals surface area contributed by atoms with Crippen LogP contribution < -0.4 is 5.32 Å². The molecule has 0 radical (unpaired) electrons. The molecule has 1 heterocycles. The quantitative estimate of drug-likeness (QED) is 0.557. The van der Waals surface area contributed by atoms with E-state index in [2.05, 4.69) is 5.32 Å². The number of hydrogen-bond donors (Lipinski definition) is 3. The molecule has 0 saturated heterocycles. The third kappa shape index (κ3) is 4.22. The number of hydrogen-bond acceptors (Lipinski definition) is 5. The second-order valence-electron chi connectivity index (χ2n) is 6.47. The fourth-order valence-corrected chi connectivity index (χ4v) is 3.16. The lowest BCUT2D eigenvalue weighted by molar-refractivity contribution is -0.131. The van der Waals surface area contributed by atoms with E-state index >= 15 is 0 Å². The molecule has 2 unspecified atom stereocenters. The molecule has 2 aromatic carbocycles. The average Bonchev–Trinajstić information content (AvgIpc) is 3.07. The molecule has 3 N–H and O–H groups in total. The van der Waals surface area contributed by atoms with Crippen molar-refractivity contribution >= 4 is 24.0 Å². The smallest absolute Gasteiger partial charge is 0.464 e. The number of methoxy groups -OCH3 is 1. The van der Waals surface area contributed by atoms with E-state index in [1.54, 1.807) is 18.4 Å². The minimum absolute atomic E-state index is 0.213. The summed E-state index contributed by atoms with van der Waals surface area (Å²) < 4.78 is 10.9. The van der Waals surface area contributed by atoms with Gasteiger partial charge in [0, 0.05) is 12.5 Å². The van der Waals surface area contributed by atoms with Gasteiger partial charge < -0.3 is 24.5 Å². The van der Waals surface area contributed by atoms with Gasteiger partial charge >= 0.3 is 7.12 Å². The summed E-state index contributed by atoms with van der Waals surface area (Å²) in [5.41, 5.74) is 3.23. The number of benzene rings is 2. The zero-order valence-corrected chi connectivity index (χ0v) is 15.3. The third-order valence-electron chi connectivity index (χ3n) is 4.58. The lowest BCUT2D eigenvalue weighted by Crippen LogP contribution is -2.49. The Morgan fingerprint density at radius 2 is 1.93 bits per heavy atom. The molecular formula is C20H22BNO5. The first-order chi connectivity index (χ1) is 13.0. The molecule has 0 fully saturated rings. The van der Waals surface area contributed by atoms with Gasteiger partial charge in [0.25, 0.3) is 5.91 Å². The van der Waals surface area contributed by atoms with Crippen molar-refractivity contribution in [2.75, 3.05) is 7.11 Å². The van der Waals surface area contributed by atoms with E-state index < -0.39 is 25.1 Å². The Kier molecular flexibility index (Phi) is 5.96. The van der Waals surface area contributed by atoms with E-state index in [1.165, 1.54) is 7.11 Å². The lowest BCUT2D eigenvalue weighted by Gasteiger charge is -2.21. The van der Waals surface area contributed by atoms with Crippen LogP contribution in [0.3, 0.4) is 0 Å². The van der Waals surface area contributed by atoms with Gasteiger partial charge in [-0.3, -0.25) is 4.79 Å². The zero-order valence-electron chi connectivity index (χ0n) is 15.3. The van der Waals surface area contributed by atoms with Gasteiger partial charge in [-0.25, -0.2) is 0 Å². The van der Waals surface area contributed by atoms with Crippen molar-refractivity contribution in [1.29, 1.82) is 0 Å². The predicted octanol–water partition coefficient (Wildman–Crippen LogP) is 2.17. The normalized spacial score (nSPS) is 13.3. The zero-order chi connectivity index (χ0) is 19.4. The highest BCUT2D eigenvalue weighted by molar-refractivity contribution is 6.43. The average molecular weight is 367 g/mol. The number of para-hydroxylation sites is 1. The standard InChI is InChI=1S/C20H22BNO5/c1-13-7-6-10-16-15(12-27-18(13)16)11-17(21(24)25)22-20(23)19(26-2)14-8-4-3-5-9-14/h3-10,12,17,19,24-25H,11H2,1-2H3,(H,22,23). The Morgan fingerprint density at radius 3 is 2.59 bits per heavy atom. The highest BCUT2D eigenvalue weighted by Crippen LogP contribution is 2.25. The molecule has 0 aliphatic rings. The lowest BCUT2D eigenvalue weighted by atomic mass is 9.75. The van der Waals surface area contributed by atoms with Crippen molar-refractivity contribution in [2.24, 2.45) is 0 Å². The molecule has 7 heteroatoms. The SMILES string of the molecule is COC(C(=O)NC(Cc1coc2c(C)cccc12)B(O)O)c1ccccc1. The summed E-state index contributed by atoms with van der Waals surface area (Å²) in [7, 11) is -0.287. The fraction of sp³-hybridized carbons (Fsp3) is 0.250. The van der Waals surface area contributed by atoms with E-state index in [4.69, 9.17) is 9.15 Å². The summed E-state index contributed by atoms with van der Waals surface area (Å²) in [6, 6.07) is 14.8. The number of rotatable bonds is 7. The summed E-state index contributed by atoms with van der Waals surface area (Å²) in [6.07, 6.45) is 0.964. The van der Waals surface area contributed by atoms with E-state index in [0.717, 1.165) is 22.1 Å². The topological polar surface area (TPSA) is 91.9 Å². The molecule has 2 atom stereocenters. The Morgan fingerprint density at radius 1 is 1.19 bits per heavy atom. The molecule has 0 saturated carbocycles. The van der Waals surface area contributed by atoms with Crippen molar-refractivity contribution in [2.45, 2.75) is 25.4 Å². The van der Waals surface area contributed by atoms with Crippen molar-refractivity contribution in [1.82, 2.24) is 5.32 Å². The first kappa shape index (κ1) is 19.2. The number of nitrogens with one attached hydrogen (secondary N) is 1. The Labute approximate surface area is 157 Å². The maximum atomic E-state index is 12.7. The Balaban J connectivity index is 1.79. The first-order valence-corrected chi connectivity index (χ1v) is 8.71. The van der Waals surface area contributed by atoms with E-state index in [-0.39, 0.29) is 6.42 Å². The molecular weight excluding hydrogens is 345 g/mol.